The van der Waals surface area contributed by atoms with E-state index < -0.39 is 5.76 Å². The number of hydrogen-bond acceptors (Lipinski definition) is 8. The second-order valence-electron chi connectivity index (χ2n) is 7.84. The lowest BCUT2D eigenvalue weighted by Crippen LogP contribution is -2.13. The van der Waals surface area contributed by atoms with Crippen molar-refractivity contribution in [3.8, 4) is 10.6 Å². The van der Waals surface area contributed by atoms with Gasteiger partial charge in [0, 0.05) is 24.2 Å². The summed E-state index contributed by atoms with van der Waals surface area (Å²) in [5.41, 5.74) is 2.04. The number of nitrogens with one attached hydrogen (secondary N) is 2. The van der Waals surface area contributed by atoms with Crippen LogP contribution in [-0.4, -0.2) is 25.1 Å². The summed E-state index contributed by atoms with van der Waals surface area (Å²) < 4.78 is 4.65. The molecule has 2 N–H and O–H groups in total. The van der Waals surface area contributed by atoms with Gasteiger partial charge in [-0.1, -0.05) is 11.2 Å². The Hall–Kier alpha value is -3.33. The van der Waals surface area contributed by atoms with Crippen molar-refractivity contribution in [3.63, 3.8) is 0 Å². The van der Waals surface area contributed by atoms with Gasteiger partial charge < -0.3 is 5.32 Å². The number of nitrogens with zero attached hydrogens (tertiary/aromatic N) is 4. The van der Waals surface area contributed by atoms with Crippen LogP contribution in [0.5, 0.6) is 0 Å². The molecule has 0 atom stereocenters. The standard InChI is InChI=1S/C22H22N6O2S/c1-13-9-10-23-19(11-13)26-18-4-2-3-16(25-18)17-12-24-21(31-17)15-7-5-14(6-8-15)20-27-22(29)30-28-20/h2-4,9-12,14-15H,5-8H2,1H3,(H,23,25,26)(H,27,28,29). The van der Waals surface area contributed by atoms with E-state index in [1.54, 1.807) is 17.5 Å². The first-order chi connectivity index (χ1) is 15.1. The first-order valence-corrected chi connectivity index (χ1v) is 11.1. The van der Waals surface area contributed by atoms with Gasteiger partial charge in [-0.3, -0.25) is 9.51 Å². The van der Waals surface area contributed by atoms with Gasteiger partial charge in [0.15, 0.2) is 5.82 Å². The van der Waals surface area contributed by atoms with Crippen LogP contribution in [0.1, 0.15) is 53.9 Å². The second-order valence-corrected chi connectivity index (χ2v) is 8.91. The third kappa shape index (κ3) is 4.41. The number of hydrogen-bond donors (Lipinski definition) is 2. The highest BCUT2D eigenvalue weighted by atomic mass is 32.1. The SMILES string of the molecule is Cc1ccnc(Nc2cccc(-c3cnc(C4CCC(c5noc(=O)[nH]5)CC4)s3)n2)c1. The van der Waals surface area contributed by atoms with E-state index in [1.807, 2.05) is 43.5 Å². The van der Waals surface area contributed by atoms with Crippen molar-refractivity contribution < 1.29 is 4.52 Å². The van der Waals surface area contributed by atoms with Gasteiger partial charge in [-0.25, -0.2) is 19.7 Å². The summed E-state index contributed by atoms with van der Waals surface area (Å²) in [6.07, 6.45) is 7.65. The van der Waals surface area contributed by atoms with Crippen LogP contribution in [-0.2, 0) is 0 Å². The van der Waals surface area contributed by atoms with Gasteiger partial charge in [0.1, 0.15) is 11.6 Å². The van der Waals surface area contributed by atoms with Crippen LogP contribution in [0.25, 0.3) is 10.6 Å². The van der Waals surface area contributed by atoms with Crippen molar-refractivity contribution in [1.29, 1.82) is 0 Å². The fourth-order valence-corrected chi connectivity index (χ4v) is 5.06. The summed E-state index contributed by atoms with van der Waals surface area (Å²) in [7, 11) is 0. The molecule has 5 rings (SSSR count). The molecule has 0 bridgehead atoms. The van der Waals surface area contributed by atoms with Crippen LogP contribution in [0.15, 0.2) is 52.0 Å². The molecule has 0 aromatic carbocycles. The molecule has 0 saturated heterocycles. The number of anilines is 2. The van der Waals surface area contributed by atoms with E-state index in [1.165, 1.54) is 0 Å². The van der Waals surface area contributed by atoms with Crippen LogP contribution in [0.2, 0.25) is 0 Å². The zero-order chi connectivity index (χ0) is 21.2. The first kappa shape index (κ1) is 19.6. The molecule has 31 heavy (non-hydrogen) atoms. The largest absolute Gasteiger partial charge is 0.438 e. The summed E-state index contributed by atoms with van der Waals surface area (Å²) in [5, 5.41) is 8.26. The van der Waals surface area contributed by atoms with Gasteiger partial charge in [-0.05, 0) is 62.4 Å². The fourth-order valence-electron chi connectivity index (χ4n) is 4.00. The minimum atomic E-state index is -0.482. The van der Waals surface area contributed by atoms with Crippen molar-refractivity contribution >= 4 is 23.0 Å². The number of aryl methyl sites for hydroxylation is 1. The molecular formula is C22H22N6O2S. The average molecular weight is 435 g/mol. The monoisotopic (exact) mass is 434 g/mol. The van der Waals surface area contributed by atoms with Crippen LogP contribution >= 0.6 is 11.3 Å². The summed E-state index contributed by atoms with van der Waals surface area (Å²) >= 11 is 1.70. The Morgan fingerprint density at radius 2 is 1.94 bits per heavy atom. The normalized spacial score (nSPS) is 18.7. The van der Waals surface area contributed by atoms with Crippen LogP contribution in [0, 0.1) is 6.92 Å². The third-order valence-electron chi connectivity index (χ3n) is 5.62. The lowest BCUT2D eigenvalue weighted by Gasteiger charge is -2.25. The highest BCUT2D eigenvalue weighted by Gasteiger charge is 2.27. The number of aromatic amines is 1. The number of aromatic nitrogens is 5. The molecule has 8 nitrogen and oxygen atoms in total. The van der Waals surface area contributed by atoms with E-state index in [0.717, 1.165) is 58.5 Å². The molecule has 0 unspecified atom stereocenters. The van der Waals surface area contributed by atoms with E-state index in [2.05, 4.69) is 25.0 Å². The van der Waals surface area contributed by atoms with E-state index in [4.69, 9.17) is 9.97 Å². The van der Waals surface area contributed by atoms with Crippen LogP contribution in [0.3, 0.4) is 0 Å². The van der Waals surface area contributed by atoms with Gasteiger partial charge in [0.05, 0.1) is 15.6 Å². The number of pyridine rings is 2. The maximum atomic E-state index is 11.2. The van der Waals surface area contributed by atoms with E-state index in [0.29, 0.717) is 11.7 Å². The quantitative estimate of drug-likeness (QED) is 0.465. The molecule has 0 spiro atoms. The lowest BCUT2D eigenvalue weighted by atomic mass is 9.82. The van der Waals surface area contributed by atoms with Gasteiger partial charge in [0.25, 0.3) is 0 Å². The Kier molecular flexibility index (Phi) is 5.33. The van der Waals surface area contributed by atoms with E-state index >= 15 is 0 Å². The predicted octanol–water partition coefficient (Wildman–Crippen LogP) is 4.77. The Morgan fingerprint density at radius 3 is 2.71 bits per heavy atom. The summed E-state index contributed by atoms with van der Waals surface area (Å²) in [6.45, 7) is 2.04. The number of thiazole rings is 1. The molecular weight excluding hydrogens is 412 g/mol. The summed E-state index contributed by atoms with van der Waals surface area (Å²) in [6, 6.07) is 9.88. The van der Waals surface area contributed by atoms with Crippen molar-refractivity contribution in [2.45, 2.75) is 44.4 Å². The van der Waals surface area contributed by atoms with E-state index in [-0.39, 0.29) is 5.92 Å². The van der Waals surface area contributed by atoms with Crippen LogP contribution in [0.4, 0.5) is 11.6 Å². The van der Waals surface area contributed by atoms with Crippen molar-refractivity contribution in [1.82, 2.24) is 25.1 Å². The van der Waals surface area contributed by atoms with Gasteiger partial charge in [-0.15, -0.1) is 11.3 Å². The van der Waals surface area contributed by atoms with Crippen molar-refractivity contribution in [3.05, 3.63) is 69.7 Å². The molecule has 1 aliphatic rings. The lowest BCUT2D eigenvalue weighted by molar-refractivity contribution is 0.350. The Labute approximate surface area is 182 Å². The Balaban J connectivity index is 1.27. The molecule has 9 heteroatoms. The molecule has 4 aromatic rings. The minimum Gasteiger partial charge on any atom is -0.325 e. The smallest absolute Gasteiger partial charge is 0.325 e. The molecule has 1 saturated carbocycles. The second kappa shape index (κ2) is 8.43. The van der Waals surface area contributed by atoms with Crippen molar-refractivity contribution in [2.75, 3.05) is 5.32 Å². The van der Waals surface area contributed by atoms with Gasteiger partial charge in [0.2, 0.25) is 0 Å². The van der Waals surface area contributed by atoms with Gasteiger partial charge in [-0.2, -0.15) is 0 Å². The molecule has 0 radical (unpaired) electrons. The predicted molar refractivity (Wildman–Crippen MR) is 119 cm³/mol. The Morgan fingerprint density at radius 1 is 1.10 bits per heavy atom. The van der Waals surface area contributed by atoms with Gasteiger partial charge >= 0.3 is 5.76 Å². The number of H-pyrrole nitrogens is 1. The van der Waals surface area contributed by atoms with Crippen LogP contribution < -0.4 is 11.1 Å². The zero-order valence-corrected chi connectivity index (χ0v) is 17.9. The maximum absolute atomic E-state index is 11.2. The first-order valence-electron chi connectivity index (χ1n) is 10.3. The summed E-state index contributed by atoms with van der Waals surface area (Å²) in [4.78, 5) is 28.7. The summed E-state index contributed by atoms with van der Waals surface area (Å²) in [5.74, 6) is 2.39. The third-order valence-corrected chi connectivity index (χ3v) is 6.80. The average Bonchev–Trinajstić information content (AvgIpc) is 3.44. The highest BCUT2D eigenvalue weighted by molar-refractivity contribution is 7.15. The topological polar surface area (TPSA) is 110 Å². The fraction of sp³-hybridized carbons (Fsp3) is 0.318. The highest BCUT2D eigenvalue weighted by Crippen LogP contribution is 2.41. The minimum absolute atomic E-state index is 0.252. The Bertz CT molecular complexity index is 1240. The molecule has 4 aromatic heterocycles. The maximum Gasteiger partial charge on any atom is 0.438 e. The molecule has 158 valence electrons. The molecule has 0 amide bonds. The molecule has 4 heterocycles. The van der Waals surface area contributed by atoms with Crippen molar-refractivity contribution in [2.24, 2.45) is 0 Å². The number of rotatable bonds is 5. The molecule has 1 fully saturated rings. The molecule has 1 aliphatic carbocycles. The molecule has 0 aliphatic heterocycles. The van der Waals surface area contributed by atoms with E-state index in [9.17, 15) is 4.79 Å². The zero-order valence-electron chi connectivity index (χ0n) is 17.0.